The van der Waals surface area contributed by atoms with Gasteiger partial charge in [0.15, 0.2) is 0 Å². The van der Waals surface area contributed by atoms with Crippen molar-refractivity contribution in [3.8, 4) is 6.07 Å². The van der Waals surface area contributed by atoms with E-state index in [1.54, 1.807) is 42.5 Å². The molecule has 102 valence electrons. The number of benzene rings is 2. The van der Waals surface area contributed by atoms with Gasteiger partial charge in [0.2, 0.25) is 10.0 Å². The third-order valence-corrected chi connectivity index (χ3v) is 4.30. The lowest BCUT2D eigenvalue weighted by atomic mass is 10.1. The molecule has 0 aliphatic heterocycles. The van der Waals surface area contributed by atoms with E-state index in [1.165, 1.54) is 12.1 Å². The minimum absolute atomic E-state index is 0.0289. The molecule has 0 radical (unpaired) electrons. The summed E-state index contributed by atoms with van der Waals surface area (Å²) in [5.41, 5.74) is 0.584. The first-order valence-corrected chi connectivity index (χ1v) is 7.61. The van der Waals surface area contributed by atoms with Crippen LogP contribution in [0.2, 0.25) is 5.02 Å². The van der Waals surface area contributed by atoms with Crippen LogP contribution in [0.15, 0.2) is 59.5 Å². The molecule has 4 nitrogen and oxygen atoms in total. The van der Waals surface area contributed by atoms with E-state index < -0.39 is 16.1 Å². The number of hydrogen-bond donors (Lipinski definition) is 1. The molecule has 0 saturated carbocycles. The molecule has 20 heavy (non-hydrogen) atoms. The molecule has 0 aliphatic rings. The van der Waals surface area contributed by atoms with Crippen LogP contribution in [0.4, 0.5) is 0 Å². The highest BCUT2D eigenvalue weighted by atomic mass is 35.5. The number of sulfonamides is 1. The van der Waals surface area contributed by atoms with Crippen LogP contribution in [0.5, 0.6) is 0 Å². The second-order valence-corrected chi connectivity index (χ2v) is 6.20. The summed E-state index contributed by atoms with van der Waals surface area (Å²) < 4.78 is 26.8. The predicted molar refractivity (Wildman–Crippen MR) is 76.6 cm³/mol. The maximum Gasteiger partial charge on any atom is 0.242 e. The van der Waals surface area contributed by atoms with E-state index in [0.29, 0.717) is 10.6 Å². The fourth-order valence-electron chi connectivity index (χ4n) is 1.67. The average molecular weight is 307 g/mol. The Bertz CT molecular complexity index is 739. The second kappa shape index (κ2) is 6.06. The molecule has 2 aromatic carbocycles. The Morgan fingerprint density at radius 1 is 1.10 bits per heavy atom. The molecule has 0 saturated heterocycles. The van der Waals surface area contributed by atoms with E-state index in [4.69, 9.17) is 16.9 Å². The Balaban J connectivity index is 2.30. The third-order valence-electron chi connectivity index (χ3n) is 2.64. The SMILES string of the molecule is N#CC(NS(=O)(=O)c1cccc(Cl)c1)c1ccccc1. The van der Waals surface area contributed by atoms with E-state index in [1.807, 2.05) is 6.07 Å². The standard InChI is InChI=1S/C14H11ClN2O2S/c15-12-7-4-8-13(9-12)20(18,19)17-14(10-16)11-5-2-1-3-6-11/h1-9,14,17H. The highest BCUT2D eigenvalue weighted by Gasteiger charge is 2.21. The van der Waals surface area contributed by atoms with Crippen molar-refractivity contribution < 1.29 is 8.42 Å². The second-order valence-electron chi connectivity index (χ2n) is 4.05. The minimum atomic E-state index is -3.80. The molecule has 0 aromatic heterocycles. The molecular formula is C14H11ClN2O2S. The van der Waals surface area contributed by atoms with Crippen molar-refractivity contribution in [3.05, 3.63) is 65.2 Å². The zero-order valence-electron chi connectivity index (χ0n) is 10.3. The summed E-state index contributed by atoms with van der Waals surface area (Å²) in [6, 6.07) is 15.5. The van der Waals surface area contributed by atoms with Crippen molar-refractivity contribution in [1.29, 1.82) is 5.26 Å². The molecule has 0 heterocycles. The molecule has 0 fully saturated rings. The van der Waals surface area contributed by atoms with Gasteiger partial charge in [-0.15, -0.1) is 0 Å². The molecule has 2 rings (SSSR count). The highest BCUT2D eigenvalue weighted by molar-refractivity contribution is 7.89. The van der Waals surface area contributed by atoms with Gasteiger partial charge in [-0.1, -0.05) is 48.0 Å². The van der Waals surface area contributed by atoms with Crippen LogP contribution < -0.4 is 4.72 Å². The van der Waals surface area contributed by atoms with Crippen LogP contribution >= 0.6 is 11.6 Å². The molecule has 2 aromatic rings. The fraction of sp³-hybridized carbons (Fsp3) is 0.0714. The van der Waals surface area contributed by atoms with Crippen LogP contribution in [0.1, 0.15) is 11.6 Å². The van der Waals surface area contributed by atoms with Crippen molar-refractivity contribution in [3.63, 3.8) is 0 Å². The maximum absolute atomic E-state index is 12.2. The first-order chi connectivity index (χ1) is 9.53. The van der Waals surface area contributed by atoms with E-state index >= 15 is 0 Å². The van der Waals surface area contributed by atoms with Crippen molar-refractivity contribution in [2.75, 3.05) is 0 Å². The molecule has 0 amide bonds. The van der Waals surface area contributed by atoms with Crippen LogP contribution in [0, 0.1) is 11.3 Å². The van der Waals surface area contributed by atoms with Gasteiger partial charge in [-0.25, -0.2) is 8.42 Å². The summed E-state index contributed by atoms with van der Waals surface area (Å²) >= 11 is 5.78. The van der Waals surface area contributed by atoms with Crippen LogP contribution in [0.3, 0.4) is 0 Å². The summed E-state index contributed by atoms with van der Waals surface area (Å²) in [4.78, 5) is 0.0289. The molecule has 0 bridgehead atoms. The lowest BCUT2D eigenvalue weighted by Crippen LogP contribution is -2.27. The van der Waals surface area contributed by atoms with Crippen LogP contribution in [-0.2, 0) is 10.0 Å². The van der Waals surface area contributed by atoms with Crippen LogP contribution in [0.25, 0.3) is 0 Å². The third kappa shape index (κ3) is 3.36. The summed E-state index contributed by atoms with van der Waals surface area (Å²) in [5, 5.41) is 9.46. The molecule has 0 spiro atoms. The van der Waals surface area contributed by atoms with Gasteiger partial charge in [0.1, 0.15) is 6.04 Å². The predicted octanol–water partition coefficient (Wildman–Crippen LogP) is 2.88. The quantitative estimate of drug-likeness (QED) is 0.944. The Morgan fingerprint density at radius 2 is 1.80 bits per heavy atom. The van der Waals surface area contributed by atoms with Gasteiger partial charge in [-0.05, 0) is 23.8 Å². The monoisotopic (exact) mass is 306 g/mol. The van der Waals surface area contributed by atoms with Crippen molar-refractivity contribution >= 4 is 21.6 Å². The molecular weight excluding hydrogens is 296 g/mol. The van der Waals surface area contributed by atoms with Gasteiger partial charge in [-0.3, -0.25) is 0 Å². The van der Waals surface area contributed by atoms with Gasteiger partial charge < -0.3 is 0 Å². The summed E-state index contributed by atoms with van der Waals surface area (Å²) in [5.74, 6) is 0. The zero-order valence-corrected chi connectivity index (χ0v) is 11.9. The zero-order chi connectivity index (χ0) is 14.6. The van der Waals surface area contributed by atoms with E-state index in [0.717, 1.165) is 0 Å². The molecule has 1 N–H and O–H groups in total. The average Bonchev–Trinajstić information content (AvgIpc) is 2.46. The first-order valence-electron chi connectivity index (χ1n) is 5.75. The summed E-state index contributed by atoms with van der Waals surface area (Å²) in [7, 11) is -3.80. The van der Waals surface area contributed by atoms with Crippen LogP contribution in [-0.4, -0.2) is 8.42 Å². The molecule has 6 heteroatoms. The first kappa shape index (κ1) is 14.5. The Kier molecular flexibility index (Phi) is 4.40. The largest absolute Gasteiger partial charge is 0.242 e. The number of halogens is 1. The number of nitrogens with one attached hydrogen (secondary N) is 1. The number of nitrogens with zero attached hydrogens (tertiary/aromatic N) is 1. The van der Waals surface area contributed by atoms with Crippen molar-refractivity contribution in [2.45, 2.75) is 10.9 Å². The Hall–Kier alpha value is -1.87. The smallest absolute Gasteiger partial charge is 0.207 e. The maximum atomic E-state index is 12.2. The molecule has 0 aliphatic carbocycles. The van der Waals surface area contributed by atoms with Gasteiger partial charge in [0.25, 0.3) is 0 Å². The van der Waals surface area contributed by atoms with E-state index in [-0.39, 0.29) is 4.90 Å². The summed E-state index contributed by atoms with van der Waals surface area (Å²) in [6.07, 6.45) is 0. The fourth-order valence-corrected chi connectivity index (χ4v) is 3.10. The minimum Gasteiger partial charge on any atom is -0.207 e. The molecule has 1 unspecified atom stereocenters. The van der Waals surface area contributed by atoms with E-state index in [9.17, 15) is 8.42 Å². The van der Waals surface area contributed by atoms with Gasteiger partial charge >= 0.3 is 0 Å². The van der Waals surface area contributed by atoms with Gasteiger partial charge in [0.05, 0.1) is 11.0 Å². The lowest BCUT2D eigenvalue weighted by Gasteiger charge is -2.12. The van der Waals surface area contributed by atoms with Gasteiger partial charge in [-0.2, -0.15) is 9.98 Å². The van der Waals surface area contributed by atoms with Gasteiger partial charge in [0, 0.05) is 5.02 Å². The normalized spacial score (nSPS) is 12.6. The van der Waals surface area contributed by atoms with Crippen molar-refractivity contribution in [1.82, 2.24) is 4.72 Å². The topological polar surface area (TPSA) is 70.0 Å². The number of hydrogen-bond acceptors (Lipinski definition) is 3. The number of nitriles is 1. The molecule has 1 atom stereocenters. The lowest BCUT2D eigenvalue weighted by molar-refractivity contribution is 0.575. The van der Waals surface area contributed by atoms with E-state index in [2.05, 4.69) is 4.72 Å². The highest BCUT2D eigenvalue weighted by Crippen LogP contribution is 2.19. The number of rotatable bonds is 4. The van der Waals surface area contributed by atoms with Crippen molar-refractivity contribution in [2.24, 2.45) is 0 Å². The Morgan fingerprint density at radius 3 is 2.40 bits per heavy atom. The Labute approximate surface area is 122 Å². The summed E-state index contributed by atoms with van der Waals surface area (Å²) in [6.45, 7) is 0.